The summed E-state index contributed by atoms with van der Waals surface area (Å²) in [5, 5.41) is 1.74. The van der Waals surface area contributed by atoms with Gasteiger partial charge in [-0.3, -0.25) is 0 Å². The third-order valence-corrected chi connectivity index (χ3v) is 11.8. The van der Waals surface area contributed by atoms with Crippen LogP contribution in [0.1, 0.15) is 47.1 Å². The summed E-state index contributed by atoms with van der Waals surface area (Å²) in [6.07, 6.45) is 0. The molecule has 2 aromatic rings. The number of methoxy groups -OCH3 is 1. The first kappa shape index (κ1) is 41.7. The van der Waals surface area contributed by atoms with Gasteiger partial charge in [-0.25, -0.2) is 4.39 Å². The SMILES string of the molecule is COCOc1ccc2c(C#C[Si](C(C)C)(C(C)C)C(C)C)c(F)ccc2c1.F[B-](F)(F)F.F[B-](F)(F)F.F[B-](F)(F)F. The van der Waals surface area contributed by atoms with Crippen LogP contribution in [0.5, 0.6) is 5.75 Å². The molecule has 0 atom stereocenters. The van der Waals surface area contributed by atoms with Gasteiger partial charge in [-0.15, -0.1) is 5.54 Å². The van der Waals surface area contributed by atoms with Crippen LogP contribution in [0.3, 0.4) is 0 Å². The largest absolute Gasteiger partial charge is 0.673 e. The lowest BCUT2D eigenvalue weighted by Gasteiger charge is -2.38. The van der Waals surface area contributed by atoms with Crippen LogP contribution in [0.2, 0.25) is 16.6 Å². The van der Waals surface area contributed by atoms with Gasteiger partial charge < -0.3 is 61.3 Å². The fraction of sp³-hybridized carbons (Fsp3) is 0.478. The molecule has 0 unspecified atom stereocenters. The second-order valence-corrected chi connectivity index (χ2v) is 15.1. The first-order valence-electron chi connectivity index (χ1n) is 12.2. The van der Waals surface area contributed by atoms with Crippen LogP contribution in [0, 0.1) is 17.3 Å². The quantitative estimate of drug-likeness (QED) is 0.135. The first-order valence-corrected chi connectivity index (χ1v) is 14.5. The summed E-state index contributed by atoms with van der Waals surface area (Å²) >= 11 is 0. The van der Waals surface area contributed by atoms with Crippen LogP contribution in [0.4, 0.5) is 56.2 Å². The van der Waals surface area contributed by atoms with Crippen molar-refractivity contribution in [3.63, 3.8) is 0 Å². The van der Waals surface area contributed by atoms with Gasteiger partial charge in [-0.2, -0.15) is 0 Å². The summed E-state index contributed by atoms with van der Waals surface area (Å²) in [6.45, 7) is 13.8. The Labute approximate surface area is 237 Å². The van der Waals surface area contributed by atoms with Gasteiger partial charge in [0.1, 0.15) is 19.6 Å². The van der Waals surface area contributed by atoms with E-state index >= 15 is 0 Å². The molecule has 0 aliphatic carbocycles. The molecule has 0 N–H and O–H groups in total. The van der Waals surface area contributed by atoms with Crippen molar-refractivity contribution in [3.05, 3.63) is 41.7 Å². The molecule has 0 aliphatic rings. The van der Waals surface area contributed by atoms with Gasteiger partial charge >= 0.3 is 21.8 Å². The van der Waals surface area contributed by atoms with Gasteiger partial charge in [0.05, 0.1) is 5.56 Å². The molecule has 0 spiro atoms. The van der Waals surface area contributed by atoms with E-state index in [1.54, 1.807) is 13.2 Å². The molecule has 0 heterocycles. The van der Waals surface area contributed by atoms with Gasteiger partial charge in [-0.1, -0.05) is 53.5 Å². The Bertz CT molecular complexity index is 1070. The van der Waals surface area contributed by atoms with Crippen molar-refractivity contribution in [2.45, 2.75) is 58.2 Å². The number of hydrogen-bond acceptors (Lipinski definition) is 2. The third-order valence-electron chi connectivity index (χ3n) is 5.55. The van der Waals surface area contributed by atoms with Crippen molar-refractivity contribution >= 4 is 40.6 Å². The Hall–Kier alpha value is -2.48. The zero-order valence-electron chi connectivity index (χ0n) is 23.8. The predicted octanol–water partition coefficient (Wildman–Crippen LogP) is 10.4. The van der Waals surface area contributed by atoms with Crippen molar-refractivity contribution in [1.82, 2.24) is 0 Å². The van der Waals surface area contributed by atoms with E-state index in [2.05, 4.69) is 53.0 Å². The fourth-order valence-corrected chi connectivity index (χ4v) is 9.44. The fourth-order valence-electron chi connectivity index (χ4n) is 4.23. The number of hydrogen-bond donors (Lipinski definition) is 0. The van der Waals surface area contributed by atoms with Gasteiger partial charge in [0.2, 0.25) is 0 Å². The summed E-state index contributed by atoms with van der Waals surface area (Å²) in [4.78, 5) is 0. The van der Waals surface area contributed by atoms with Crippen molar-refractivity contribution in [2.75, 3.05) is 13.9 Å². The van der Waals surface area contributed by atoms with E-state index in [0.717, 1.165) is 10.8 Å². The molecule has 42 heavy (non-hydrogen) atoms. The highest BCUT2D eigenvalue weighted by atomic mass is 28.3. The van der Waals surface area contributed by atoms with E-state index < -0.39 is 29.8 Å². The number of ether oxygens (including phenoxy) is 2. The molecule has 2 nitrogen and oxygen atoms in total. The molecule has 0 amide bonds. The lowest BCUT2D eigenvalue weighted by Crippen LogP contribution is -2.43. The minimum Gasteiger partial charge on any atom is -0.468 e. The maximum atomic E-state index is 14.7. The lowest BCUT2D eigenvalue weighted by atomic mass is 10.0. The molecule has 242 valence electrons. The molecular weight excluding hydrogens is 616 g/mol. The topological polar surface area (TPSA) is 18.5 Å². The highest BCUT2D eigenvalue weighted by Crippen LogP contribution is 2.41. The molecule has 0 bridgehead atoms. The van der Waals surface area contributed by atoms with Crippen LogP contribution in [0.15, 0.2) is 30.3 Å². The Morgan fingerprint density at radius 3 is 1.45 bits per heavy atom. The highest BCUT2D eigenvalue weighted by molar-refractivity contribution is 6.90. The van der Waals surface area contributed by atoms with E-state index in [0.29, 0.717) is 27.9 Å². The Morgan fingerprint density at radius 1 is 0.690 bits per heavy atom. The van der Waals surface area contributed by atoms with Crippen molar-refractivity contribution in [3.8, 4) is 17.2 Å². The van der Waals surface area contributed by atoms with Gasteiger partial charge in [0, 0.05) is 12.5 Å². The minimum atomic E-state index is -6.00. The molecule has 0 saturated carbocycles. The van der Waals surface area contributed by atoms with E-state index in [4.69, 9.17) is 9.47 Å². The van der Waals surface area contributed by atoms with Crippen molar-refractivity contribution < 1.29 is 65.7 Å². The number of fused-ring (bicyclic) bond motifs is 1. The van der Waals surface area contributed by atoms with E-state index in [-0.39, 0.29) is 12.6 Å². The number of rotatable bonds is 6. The molecule has 0 aromatic heterocycles. The molecule has 2 aromatic carbocycles. The van der Waals surface area contributed by atoms with Gasteiger partial charge in [0.25, 0.3) is 0 Å². The summed E-state index contributed by atoms with van der Waals surface area (Å²) in [5.41, 5.74) is 5.65. The van der Waals surface area contributed by atoms with Gasteiger partial charge in [-0.05, 0) is 46.3 Å². The summed E-state index contributed by atoms with van der Waals surface area (Å²) in [5.74, 6) is 3.71. The maximum absolute atomic E-state index is 14.7. The molecule has 0 aliphatic heterocycles. The van der Waals surface area contributed by atoms with Gasteiger partial charge in [0.15, 0.2) is 6.79 Å². The molecule has 2 rings (SSSR count). The second kappa shape index (κ2) is 17.6. The summed E-state index contributed by atoms with van der Waals surface area (Å²) in [6, 6.07) is 8.89. The summed E-state index contributed by atoms with van der Waals surface area (Å²) in [7, 11) is -18.3. The smallest absolute Gasteiger partial charge is 0.468 e. The molecule has 0 fully saturated rings. The zero-order valence-corrected chi connectivity index (χ0v) is 24.8. The summed E-state index contributed by atoms with van der Waals surface area (Å²) < 4.78 is 142. The molecule has 19 heteroatoms. The zero-order chi connectivity index (χ0) is 33.7. The van der Waals surface area contributed by atoms with E-state index in [1.807, 2.05) is 18.2 Å². The predicted molar refractivity (Wildman–Crippen MR) is 145 cm³/mol. The molecule has 0 radical (unpaired) electrons. The average Bonchev–Trinajstić information content (AvgIpc) is 2.75. The van der Waals surface area contributed by atoms with Crippen LogP contribution in [-0.2, 0) is 4.74 Å². The van der Waals surface area contributed by atoms with Crippen LogP contribution in [-0.4, -0.2) is 43.7 Å². The second-order valence-electron chi connectivity index (χ2n) is 9.49. The molecule has 0 saturated heterocycles. The number of halogens is 13. The maximum Gasteiger partial charge on any atom is 0.673 e. The monoisotopic (exact) mass is 647 g/mol. The Balaban J connectivity index is 0. The van der Waals surface area contributed by atoms with E-state index in [1.165, 1.54) is 6.07 Å². The highest BCUT2D eigenvalue weighted by Gasteiger charge is 2.41. The van der Waals surface area contributed by atoms with Crippen molar-refractivity contribution in [1.29, 1.82) is 0 Å². The minimum absolute atomic E-state index is 0.185. The third kappa shape index (κ3) is 18.9. The van der Waals surface area contributed by atoms with E-state index in [9.17, 15) is 56.2 Å². The van der Waals surface area contributed by atoms with Crippen LogP contribution < -0.4 is 4.74 Å². The molecular formula is C23H31B3F13O2Si-3. The van der Waals surface area contributed by atoms with Crippen LogP contribution in [0.25, 0.3) is 10.8 Å². The lowest BCUT2D eigenvalue weighted by molar-refractivity contribution is 0.0512. The first-order chi connectivity index (χ1) is 18.7. The normalized spacial score (nSPS) is 12.0. The van der Waals surface area contributed by atoms with Crippen molar-refractivity contribution in [2.24, 2.45) is 0 Å². The Morgan fingerprint density at radius 2 is 1.10 bits per heavy atom. The number of benzene rings is 2. The average molecular weight is 647 g/mol. The van der Waals surface area contributed by atoms with Crippen LogP contribution >= 0.6 is 0 Å². The Kier molecular flexibility index (Phi) is 17.4. The standard InChI is InChI=1S/C23H31FO2Si.3BF4/c1-16(2)27(17(3)4,18(5)6)13-12-22-21-10-9-20(26-15-25-7)14-19(21)8-11-23(22)24;3*2-1(3,4)5/h8-11,14,16-18H,15H2,1-7H3;;;/q;3*-1.